The Hall–Kier alpha value is -6.31. The summed E-state index contributed by atoms with van der Waals surface area (Å²) in [6.45, 7) is 6.67. The molecule has 1 saturated carbocycles. The molecule has 3 aromatic rings. The number of piperazine rings is 1. The summed E-state index contributed by atoms with van der Waals surface area (Å²) in [7, 11) is 1.81. The molecule has 6 heterocycles. The number of fused-ring (bicyclic) bond motifs is 1. The monoisotopic (exact) mass is 854 g/mol. The van der Waals surface area contributed by atoms with Crippen molar-refractivity contribution in [2.45, 2.75) is 62.9 Å². The average Bonchev–Trinajstić information content (AvgIpc) is 4.03. The van der Waals surface area contributed by atoms with Gasteiger partial charge in [-0.25, -0.2) is 14.2 Å². The number of nitrogens with two attached hydrogens (primary N) is 1. The third-order valence-electron chi connectivity index (χ3n) is 13.0. The summed E-state index contributed by atoms with van der Waals surface area (Å²) in [5, 5.41) is 16.4. The van der Waals surface area contributed by atoms with Crippen molar-refractivity contribution in [1.29, 1.82) is 0 Å². The lowest BCUT2D eigenvalue weighted by Crippen LogP contribution is -2.52. The maximum Gasteiger partial charge on any atom is 0.320 e. The Labute approximate surface area is 357 Å². The molecule has 4 saturated heterocycles. The summed E-state index contributed by atoms with van der Waals surface area (Å²) in [6, 6.07) is 7.70. The van der Waals surface area contributed by atoms with Crippen molar-refractivity contribution in [2.24, 2.45) is 11.7 Å². The quantitative estimate of drug-likeness (QED) is 0.203. The Morgan fingerprint density at radius 3 is 2.48 bits per heavy atom. The number of hydrogen-bond acceptors (Lipinski definition) is 14. The molecule has 0 radical (unpaired) electrons. The van der Waals surface area contributed by atoms with Gasteiger partial charge in [-0.3, -0.25) is 29.4 Å². The number of anilines is 4. The molecule has 5 N–H and O–H groups in total. The minimum Gasteiger partial charge on any atom is -0.453 e. The molecule has 20 heteroatoms. The Balaban J connectivity index is 0.785. The number of primary amides is 1. The van der Waals surface area contributed by atoms with E-state index in [0.717, 1.165) is 64.1 Å². The summed E-state index contributed by atoms with van der Waals surface area (Å²) in [4.78, 5) is 77.0. The molecule has 1 aliphatic carbocycles. The predicted octanol–water partition coefficient (Wildman–Crippen LogP) is 2.16. The zero-order valence-electron chi connectivity index (χ0n) is 34.6. The van der Waals surface area contributed by atoms with Crippen LogP contribution in [0, 0.1) is 11.7 Å². The number of nitrogens with zero attached hydrogens (tertiary/aromatic N) is 8. The van der Waals surface area contributed by atoms with Gasteiger partial charge in [0.1, 0.15) is 11.9 Å². The second-order valence-electron chi connectivity index (χ2n) is 17.0. The first-order valence-corrected chi connectivity index (χ1v) is 21.4. The van der Waals surface area contributed by atoms with E-state index in [2.05, 4.69) is 40.9 Å². The fourth-order valence-corrected chi connectivity index (χ4v) is 9.65. The van der Waals surface area contributed by atoms with Crippen LogP contribution in [-0.4, -0.2) is 144 Å². The maximum atomic E-state index is 15.8. The van der Waals surface area contributed by atoms with Gasteiger partial charge >= 0.3 is 6.03 Å². The van der Waals surface area contributed by atoms with E-state index < -0.39 is 29.6 Å². The zero-order chi connectivity index (χ0) is 43.1. The van der Waals surface area contributed by atoms with Crippen LogP contribution in [0.25, 0.3) is 0 Å². The van der Waals surface area contributed by atoms with Crippen molar-refractivity contribution in [3.8, 4) is 11.5 Å². The first-order chi connectivity index (χ1) is 30.0. The normalized spacial score (nSPS) is 24.1. The summed E-state index contributed by atoms with van der Waals surface area (Å²) < 4.78 is 27.4. The lowest BCUT2D eigenvalue weighted by Gasteiger charge is -2.37. The largest absolute Gasteiger partial charge is 0.453 e. The summed E-state index contributed by atoms with van der Waals surface area (Å²) in [6.07, 6.45) is 4.68. The number of aromatic nitrogens is 3. The van der Waals surface area contributed by atoms with Crippen molar-refractivity contribution in [3.05, 3.63) is 53.2 Å². The van der Waals surface area contributed by atoms with Crippen LogP contribution in [0.1, 0.15) is 77.5 Å². The number of amides is 6. The second-order valence-corrected chi connectivity index (χ2v) is 17.0. The highest BCUT2D eigenvalue weighted by molar-refractivity contribution is 6.05. The number of halogens is 1. The van der Waals surface area contributed by atoms with Gasteiger partial charge in [0.05, 0.1) is 16.9 Å². The molecule has 1 aromatic heterocycles. The average molecular weight is 855 g/mol. The molecule has 6 amide bonds. The van der Waals surface area contributed by atoms with Gasteiger partial charge < -0.3 is 45.4 Å². The number of piperidine rings is 1. The molecule has 62 heavy (non-hydrogen) atoms. The van der Waals surface area contributed by atoms with Gasteiger partial charge in [0.2, 0.25) is 18.6 Å². The summed E-state index contributed by atoms with van der Waals surface area (Å²) >= 11 is 0. The first-order valence-electron chi connectivity index (χ1n) is 21.4. The van der Waals surface area contributed by atoms with Crippen LogP contribution < -0.4 is 41.0 Å². The Morgan fingerprint density at radius 2 is 1.73 bits per heavy atom. The minimum absolute atomic E-state index is 0.0210. The number of nitrogens with one attached hydrogen (secondary N) is 3. The third kappa shape index (κ3) is 8.34. The first kappa shape index (κ1) is 41.1. The number of benzene rings is 2. The van der Waals surface area contributed by atoms with Crippen molar-refractivity contribution in [2.75, 3.05) is 87.9 Å². The Kier molecular flexibility index (Phi) is 11.4. The number of ether oxygens (including phenoxy) is 2. The zero-order valence-corrected chi connectivity index (χ0v) is 34.6. The van der Waals surface area contributed by atoms with E-state index in [-0.39, 0.29) is 60.6 Å². The van der Waals surface area contributed by atoms with Gasteiger partial charge in [-0.05, 0) is 68.4 Å². The summed E-state index contributed by atoms with van der Waals surface area (Å²) in [5.41, 5.74) is 7.50. The molecule has 0 bridgehead atoms. The number of carbonyl (C=O) groups is 5. The molecule has 3 unspecified atom stereocenters. The minimum atomic E-state index is -0.803. The van der Waals surface area contributed by atoms with E-state index in [0.29, 0.717) is 67.2 Å². The van der Waals surface area contributed by atoms with Gasteiger partial charge in [0, 0.05) is 90.0 Å². The molecule has 5 aliphatic heterocycles. The van der Waals surface area contributed by atoms with Gasteiger partial charge in [0.25, 0.3) is 11.8 Å². The van der Waals surface area contributed by atoms with Gasteiger partial charge in [0.15, 0.2) is 28.8 Å². The maximum absolute atomic E-state index is 15.8. The van der Waals surface area contributed by atoms with Crippen molar-refractivity contribution < 1.29 is 37.8 Å². The SMILES string of the molecule is CN1CCN([C@@H]2CCCC(c3nnc(C(N)=O)c(Nc4ccc(N5CCN(CC6CCN(c7ccc(C(=O)NC8CCC(=O)NC8=O)c8c7OCO8)C6)CC5)c(F)c4)n3)C2)C1=O. The molecule has 328 valence electrons. The van der Waals surface area contributed by atoms with E-state index >= 15 is 4.39 Å². The number of hydrogen-bond donors (Lipinski definition) is 4. The highest BCUT2D eigenvalue weighted by Gasteiger charge is 2.37. The van der Waals surface area contributed by atoms with E-state index in [1.807, 2.05) is 15.9 Å². The van der Waals surface area contributed by atoms with Gasteiger partial charge in [-0.2, -0.15) is 0 Å². The van der Waals surface area contributed by atoms with Crippen molar-refractivity contribution in [1.82, 2.24) is 40.5 Å². The lowest BCUT2D eigenvalue weighted by atomic mass is 9.84. The molecule has 2 aromatic carbocycles. The van der Waals surface area contributed by atoms with E-state index in [1.54, 1.807) is 30.1 Å². The number of imide groups is 1. The van der Waals surface area contributed by atoms with Gasteiger partial charge in [-0.15, -0.1) is 10.2 Å². The fraction of sp³-hybridized carbons (Fsp3) is 0.524. The highest BCUT2D eigenvalue weighted by Crippen LogP contribution is 2.45. The molecule has 6 aliphatic rings. The standard InChI is InChI=1S/C42H51FN12O7/c1-51-13-18-55(42(51)60)27-4-2-3-25(19-27)38-48-39(34(37(44)57)49-50-38)45-26-5-8-31(29(43)20-26)53-16-14-52(15-17-53)21-24-11-12-54(22-24)32-9-6-28(35-36(32)62-23-61-35)40(58)46-30-7-10-33(56)47-41(30)59/h5-6,8-9,20,24-25,27,30H,2-4,7,10-19,21-23H2,1H3,(H2,44,57)(H,46,58)(H,45,48,50)(H,47,56,59)/t24?,25?,27-,30?/m1/s1. The van der Waals surface area contributed by atoms with Crippen molar-refractivity contribution >= 4 is 52.5 Å². The topological polar surface area (TPSA) is 221 Å². The van der Waals surface area contributed by atoms with Crippen LogP contribution in [0.5, 0.6) is 11.5 Å². The molecule has 9 rings (SSSR count). The molecule has 0 spiro atoms. The van der Waals surface area contributed by atoms with Crippen LogP contribution in [0.15, 0.2) is 30.3 Å². The third-order valence-corrected chi connectivity index (χ3v) is 13.0. The highest BCUT2D eigenvalue weighted by atomic mass is 19.1. The molecule has 5 fully saturated rings. The smallest absolute Gasteiger partial charge is 0.320 e. The van der Waals surface area contributed by atoms with Crippen LogP contribution in [-0.2, 0) is 9.59 Å². The van der Waals surface area contributed by atoms with Crippen LogP contribution in [0.2, 0.25) is 0 Å². The number of likely N-dealkylation sites (N-methyl/N-ethyl adjacent to an activating group) is 1. The number of rotatable bonds is 11. The van der Waals surface area contributed by atoms with E-state index in [9.17, 15) is 24.0 Å². The van der Waals surface area contributed by atoms with E-state index in [4.69, 9.17) is 15.2 Å². The van der Waals surface area contributed by atoms with E-state index in [1.165, 1.54) is 6.07 Å². The molecular formula is C42H51FN12O7. The molecule has 19 nitrogen and oxygen atoms in total. The van der Waals surface area contributed by atoms with Crippen LogP contribution in [0.3, 0.4) is 0 Å². The van der Waals surface area contributed by atoms with Gasteiger partial charge in [-0.1, -0.05) is 6.42 Å². The Morgan fingerprint density at radius 1 is 0.919 bits per heavy atom. The van der Waals surface area contributed by atoms with Crippen LogP contribution >= 0.6 is 0 Å². The fourth-order valence-electron chi connectivity index (χ4n) is 9.65. The number of carbonyl (C=O) groups excluding carboxylic acids is 5. The molecule has 4 atom stereocenters. The summed E-state index contributed by atoms with van der Waals surface area (Å²) in [5.74, 6) is -0.821. The van der Waals surface area contributed by atoms with Crippen LogP contribution in [0.4, 0.5) is 32.1 Å². The number of urea groups is 1. The Bertz CT molecular complexity index is 2270. The van der Waals surface area contributed by atoms with Crippen molar-refractivity contribution in [3.63, 3.8) is 0 Å². The predicted molar refractivity (Wildman–Crippen MR) is 223 cm³/mol. The molecular weight excluding hydrogens is 804 g/mol. The lowest BCUT2D eigenvalue weighted by molar-refractivity contribution is -0.134. The second kappa shape index (κ2) is 17.2.